The fourth-order valence-corrected chi connectivity index (χ4v) is 2.33. The Kier molecular flexibility index (Phi) is 3.73. The summed E-state index contributed by atoms with van der Waals surface area (Å²) < 4.78 is 6.36. The molecule has 0 aliphatic heterocycles. The van der Waals surface area contributed by atoms with Crippen LogP contribution in [0.5, 0.6) is 0 Å². The van der Waals surface area contributed by atoms with E-state index in [4.69, 9.17) is 16.0 Å². The van der Waals surface area contributed by atoms with E-state index in [9.17, 15) is 9.59 Å². The Hall–Kier alpha value is -2.53. The summed E-state index contributed by atoms with van der Waals surface area (Å²) in [7, 11) is 0. The molecule has 0 radical (unpaired) electrons. The average Bonchev–Trinajstić information content (AvgIpc) is 2.77. The maximum Gasteiger partial charge on any atom is 0.420 e. The van der Waals surface area contributed by atoms with E-state index in [-0.39, 0.29) is 12.5 Å². The third kappa shape index (κ3) is 2.89. The Bertz CT molecular complexity index is 894. The minimum absolute atomic E-state index is 0.124. The van der Waals surface area contributed by atoms with Crippen LogP contribution in [0.2, 0.25) is 5.02 Å². The molecule has 3 aromatic rings. The van der Waals surface area contributed by atoms with E-state index in [0.29, 0.717) is 21.8 Å². The second-order valence-electron chi connectivity index (χ2n) is 4.98. The molecule has 0 unspecified atom stereocenters. The van der Waals surface area contributed by atoms with Crippen LogP contribution in [-0.2, 0) is 11.3 Å². The summed E-state index contributed by atoms with van der Waals surface area (Å²) in [6, 6.07) is 12.3. The van der Waals surface area contributed by atoms with Crippen molar-refractivity contribution >= 4 is 34.3 Å². The average molecular weight is 317 g/mol. The summed E-state index contributed by atoms with van der Waals surface area (Å²) in [5, 5.41) is 3.21. The molecular weight excluding hydrogens is 304 g/mol. The summed E-state index contributed by atoms with van der Waals surface area (Å²) in [5.74, 6) is -0.889. The van der Waals surface area contributed by atoms with Crippen molar-refractivity contribution in [3.8, 4) is 0 Å². The van der Waals surface area contributed by atoms with Gasteiger partial charge in [-0.2, -0.15) is 0 Å². The zero-order valence-electron chi connectivity index (χ0n) is 11.8. The maximum absolute atomic E-state index is 12.1. The van der Waals surface area contributed by atoms with Gasteiger partial charge in [0, 0.05) is 16.8 Å². The molecular formula is C16H13ClN2O3. The summed E-state index contributed by atoms with van der Waals surface area (Å²) in [6.07, 6.45) is 0. The second kappa shape index (κ2) is 5.69. The number of amides is 1. The number of hydrogen-bond acceptors (Lipinski definition) is 3. The van der Waals surface area contributed by atoms with Gasteiger partial charge in [0.2, 0.25) is 5.91 Å². The van der Waals surface area contributed by atoms with Crippen molar-refractivity contribution in [1.82, 2.24) is 4.57 Å². The van der Waals surface area contributed by atoms with Crippen LogP contribution in [-0.4, -0.2) is 10.5 Å². The topological polar surface area (TPSA) is 64.2 Å². The minimum atomic E-state index is -0.587. The van der Waals surface area contributed by atoms with Gasteiger partial charge in [-0.25, -0.2) is 4.79 Å². The molecule has 0 spiro atoms. The Morgan fingerprint density at radius 1 is 1.23 bits per heavy atom. The van der Waals surface area contributed by atoms with E-state index in [1.165, 1.54) is 4.57 Å². The number of aromatic nitrogens is 1. The number of rotatable bonds is 3. The molecule has 0 fully saturated rings. The van der Waals surface area contributed by atoms with E-state index in [1.54, 1.807) is 18.2 Å². The Balaban J connectivity index is 1.83. The normalized spacial score (nSPS) is 10.8. The van der Waals surface area contributed by atoms with Crippen molar-refractivity contribution in [2.75, 3.05) is 5.32 Å². The first kappa shape index (κ1) is 14.4. The third-order valence-electron chi connectivity index (χ3n) is 3.27. The van der Waals surface area contributed by atoms with Gasteiger partial charge in [-0.3, -0.25) is 9.36 Å². The first-order chi connectivity index (χ1) is 10.5. The lowest BCUT2D eigenvalue weighted by molar-refractivity contribution is -0.116. The zero-order valence-corrected chi connectivity index (χ0v) is 12.6. The van der Waals surface area contributed by atoms with Crippen molar-refractivity contribution in [1.29, 1.82) is 0 Å². The van der Waals surface area contributed by atoms with E-state index >= 15 is 0 Å². The Morgan fingerprint density at radius 2 is 1.95 bits per heavy atom. The number of aryl methyl sites for hydroxylation is 1. The number of carbonyl (C=O) groups is 1. The molecule has 5 nitrogen and oxygen atoms in total. The summed E-state index contributed by atoms with van der Waals surface area (Å²) in [4.78, 5) is 23.9. The van der Waals surface area contributed by atoms with E-state index in [2.05, 4.69) is 5.32 Å². The number of fused-ring (bicyclic) bond motifs is 1. The van der Waals surface area contributed by atoms with Gasteiger partial charge in [0.25, 0.3) is 0 Å². The fraction of sp³-hybridized carbons (Fsp3) is 0.125. The largest absolute Gasteiger partial charge is 0.420 e. The highest BCUT2D eigenvalue weighted by atomic mass is 35.5. The van der Waals surface area contributed by atoms with E-state index in [0.717, 1.165) is 5.56 Å². The van der Waals surface area contributed by atoms with Gasteiger partial charge in [0.05, 0.1) is 5.52 Å². The van der Waals surface area contributed by atoms with Crippen LogP contribution in [0.1, 0.15) is 5.56 Å². The molecule has 22 heavy (non-hydrogen) atoms. The first-order valence-corrected chi connectivity index (χ1v) is 7.06. The Labute approximate surface area is 131 Å². The van der Waals surface area contributed by atoms with Crippen molar-refractivity contribution < 1.29 is 9.21 Å². The van der Waals surface area contributed by atoms with Gasteiger partial charge >= 0.3 is 5.76 Å². The van der Waals surface area contributed by atoms with Crippen LogP contribution < -0.4 is 11.1 Å². The van der Waals surface area contributed by atoms with Crippen LogP contribution >= 0.6 is 11.6 Å². The SMILES string of the molecule is Cc1ccc(NC(=O)Cn2c(=O)oc3cc(Cl)ccc32)cc1. The quantitative estimate of drug-likeness (QED) is 0.807. The highest BCUT2D eigenvalue weighted by Crippen LogP contribution is 2.18. The maximum atomic E-state index is 12.1. The molecule has 6 heteroatoms. The van der Waals surface area contributed by atoms with Crippen molar-refractivity contribution in [3.63, 3.8) is 0 Å². The minimum Gasteiger partial charge on any atom is -0.408 e. The number of nitrogens with one attached hydrogen (secondary N) is 1. The van der Waals surface area contributed by atoms with Gasteiger partial charge < -0.3 is 9.73 Å². The zero-order chi connectivity index (χ0) is 15.7. The third-order valence-corrected chi connectivity index (χ3v) is 3.50. The molecule has 112 valence electrons. The lowest BCUT2D eigenvalue weighted by Gasteiger charge is -2.06. The molecule has 2 aromatic carbocycles. The van der Waals surface area contributed by atoms with Gasteiger partial charge in [-0.1, -0.05) is 29.3 Å². The molecule has 3 rings (SSSR count). The second-order valence-corrected chi connectivity index (χ2v) is 5.42. The van der Waals surface area contributed by atoms with Crippen LogP contribution in [0, 0.1) is 6.92 Å². The highest BCUT2D eigenvalue weighted by molar-refractivity contribution is 6.31. The van der Waals surface area contributed by atoms with E-state index < -0.39 is 5.76 Å². The molecule has 1 aromatic heterocycles. The molecule has 0 bridgehead atoms. The van der Waals surface area contributed by atoms with Crippen LogP contribution in [0.15, 0.2) is 51.7 Å². The van der Waals surface area contributed by atoms with Crippen molar-refractivity contribution in [2.24, 2.45) is 0 Å². The van der Waals surface area contributed by atoms with Crippen LogP contribution in [0.3, 0.4) is 0 Å². The molecule has 0 saturated heterocycles. The predicted molar refractivity (Wildman–Crippen MR) is 85.3 cm³/mol. The number of carbonyl (C=O) groups excluding carboxylic acids is 1. The molecule has 0 aliphatic carbocycles. The van der Waals surface area contributed by atoms with Crippen LogP contribution in [0.4, 0.5) is 5.69 Å². The molecule has 1 N–H and O–H groups in total. The Morgan fingerprint density at radius 3 is 2.68 bits per heavy atom. The lowest BCUT2D eigenvalue weighted by atomic mass is 10.2. The van der Waals surface area contributed by atoms with Gasteiger partial charge in [0.1, 0.15) is 6.54 Å². The van der Waals surface area contributed by atoms with Gasteiger partial charge in [-0.05, 0) is 31.2 Å². The standard InChI is InChI=1S/C16H13ClN2O3/c1-10-2-5-12(6-3-10)18-15(20)9-19-13-7-4-11(17)8-14(13)22-16(19)21/h2-8H,9H2,1H3,(H,18,20). The first-order valence-electron chi connectivity index (χ1n) is 6.68. The number of hydrogen-bond donors (Lipinski definition) is 1. The monoisotopic (exact) mass is 316 g/mol. The van der Waals surface area contributed by atoms with E-state index in [1.807, 2.05) is 31.2 Å². The number of halogens is 1. The molecule has 0 atom stereocenters. The van der Waals surface area contributed by atoms with Gasteiger partial charge in [-0.15, -0.1) is 0 Å². The molecule has 1 heterocycles. The number of oxazole rings is 1. The number of anilines is 1. The number of nitrogens with zero attached hydrogens (tertiary/aromatic N) is 1. The number of benzene rings is 2. The smallest absolute Gasteiger partial charge is 0.408 e. The summed E-state index contributed by atoms with van der Waals surface area (Å²) in [6.45, 7) is 1.84. The molecule has 0 aliphatic rings. The predicted octanol–water partition coefficient (Wildman–Crippen LogP) is 3.20. The van der Waals surface area contributed by atoms with Crippen LogP contribution in [0.25, 0.3) is 11.1 Å². The fourth-order valence-electron chi connectivity index (χ4n) is 2.17. The molecule has 0 saturated carbocycles. The highest BCUT2D eigenvalue weighted by Gasteiger charge is 2.13. The lowest BCUT2D eigenvalue weighted by Crippen LogP contribution is -2.24. The van der Waals surface area contributed by atoms with Gasteiger partial charge in [0.15, 0.2) is 5.58 Å². The summed E-state index contributed by atoms with van der Waals surface area (Å²) in [5.41, 5.74) is 2.68. The summed E-state index contributed by atoms with van der Waals surface area (Å²) >= 11 is 5.86. The van der Waals surface area contributed by atoms with Crippen molar-refractivity contribution in [3.05, 3.63) is 63.6 Å². The van der Waals surface area contributed by atoms with Crippen molar-refractivity contribution in [2.45, 2.75) is 13.5 Å². The molecule has 1 amide bonds.